The number of nitrogens with two attached hydrogens (primary N) is 2. The fourth-order valence-electron chi connectivity index (χ4n) is 1.03. The highest BCUT2D eigenvalue weighted by Gasteiger charge is 2.39. The third-order valence-corrected chi connectivity index (χ3v) is 1.77. The Morgan fingerprint density at radius 2 is 2.00 bits per heavy atom. The first-order valence-electron chi connectivity index (χ1n) is 3.86. The van der Waals surface area contributed by atoms with Crippen LogP contribution >= 0.6 is 0 Å². The number of alkyl halides is 3. The summed E-state index contributed by atoms with van der Waals surface area (Å²) in [6.07, 6.45) is -3.11. The Kier molecular flexibility index (Phi) is 2.66. The lowest BCUT2D eigenvalue weighted by atomic mass is 10.1. The summed E-state index contributed by atoms with van der Waals surface area (Å²) in [5.41, 5.74) is 10.7. The van der Waals surface area contributed by atoms with Gasteiger partial charge in [0.1, 0.15) is 11.9 Å². The summed E-state index contributed by atoms with van der Waals surface area (Å²) in [7, 11) is 0. The molecule has 0 aliphatic rings. The van der Waals surface area contributed by atoms with E-state index >= 15 is 0 Å². The summed E-state index contributed by atoms with van der Waals surface area (Å²) in [6, 6.07) is -0.782. The monoisotopic (exact) mass is 205 g/mol. The van der Waals surface area contributed by atoms with Crippen LogP contribution in [-0.4, -0.2) is 11.2 Å². The van der Waals surface area contributed by atoms with Crippen molar-refractivity contribution in [2.75, 3.05) is 5.73 Å². The lowest BCUT2D eigenvalue weighted by Crippen LogP contribution is -2.29. The number of aromatic nitrogens is 1. The SMILES string of the molecule is Cc1cnc(N)c([C@H](N)C(F)(F)F)c1. The van der Waals surface area contributed by atoms with E-state index < -0.39 is 12.2 Å². The number of anilines is 1. The molecule has 0 aliphatic heterocycles. The summed E-state index contributed by atoms with van der Waals surface area (Å²) in [5.74, 6) is -0.180. The van der Waals surface area contributed by atoms with Gasteiger partial charge in [0.15, 0.2) is 0 Å². The minimum absolute atomic E-state index is 0.180. The van der Waals surface area contributed by atoms with Gasteiger partial charge in [0.05, 0.1) is 0 Å². The van der Waals surface area contributed by atoms with Crippen LogP contribution in [0.5, 0.6) is 0 Å². The third kappa shape index (κ3) is 2.14. The summed E-state index contributed by atoms with van der Waals surface area (Å²) < 4.78 is 36.7. The molecule has 0 aromatic carbocycles. The number of aryl methyl sites for hydroxylation is 1. The van der Waals surface area contributed by atoms with Crippen LogP contribution in [0.25, 0.3) is 0 Å². The van der Waals surface area contributed by atoms with Gasteiger partial charge in [-0.1, -0.05) is 0 Å². The van der Waals surface area contributed by atoms with E-state index in [9.17, 15) is 13.2 Å². The second-order valence-corrected chi connectivity index (χ2v) is 3.01. The van der Waals surface area contributed by atoms with Crippen molar-refractivity contribution in [3.63, 3.8) is 0 Å². The maximum Gasteiger partial charge on any atom is 0.407 e. The van der Waals surface area contributed by atoms with Crippen molar-refractivity contribution in [2.45, 2.75) is 19.1 Å². The third-order valence-electron chi connectivity index (χ3n) is 1.77. The van der Waals surface area contributed by atoms with Crippen molar-refractivity contribution >= 4 is 5.82 Å². The molecule has 0 spiro atoms. The Bertz CT molecular complexity index is 335. The molecule has 14 heavy (non-hydrogen) atoms. The van der Waals surface area contributed by atoms with Gasteiger partial charge in [-0.3, -0.25) is 0 Å². The normalized spacial score (nSPS) is 14.1. The molecule has 78 valence electrons. The van der Waals surface area contributed by atoms with Gasteiger partial charge in [-0.05, 0) is 18.6 Å². The molecule has 0 saturated carbocycles. The molecular weight excluding hydrogens is 195 g/mol. The van der Waals surface area contributed by atoms with E-state index in [4.69, 9.17) is 11.5 Å². The number of nitrogens with zero attached hydrogens (tertiary/aromatic N) is 1. The topological polar surface area (TPSA) is 64.9 Å². The molecule has 3 nitrogen and oxygen atoms in total. The lowest BCUT2D eigenvalue weighted by Gasteiger charge is -2.17. The van der Waals surface area contributed by atoms with Gasteiger partial charge in [0.25, 0.3) is 0 Å². The van der Waals surface area contributed by atoms with Crippen LogP contribution in [0.2, 0.25) is 0 Å². The highest BCUT2D eigenvalue weighted by molar-refractivity contribution is 5.43. The van der Waals surface area contributed by atoms with E-state index in [-0.39, 0.29) is 11.4 Å². The summed E-state index contributed by atoms with van der Waals surface area (Å²) in [6.45, 7) is 1.62. The molecule has 0 bridgehead atoms. The van der Waals surface area contributed by atoms with Gasteiger partial charge in [-0.2, -0.15) is 13.2 Å². The number of hydrogen-bond donors (Lipinski definition) is 2. The summed E-state index contributed by atoms with van der Waals surface area (Å²) in [5, 5.41) is 0. The summed E-state index contributed by atoms with van der Waals surface area (Å²) >= 11 is 0. The minimum Gasteiger partial charge on any atom is -0.383 e. The molecule has 0 fully saturated rings. The van der Waals surface area contributed by atoms with E-state index in [1.165, 1.54) is 12.3 Å². The van der Waals surface area contributed by atoms with Gasteiger partial charge in [0, 0.05) is 11.8 Å². The molecule has 6 heteroatoms. The lowest BCUT2D eigenvalue weighted by molar-refractivity contribution is -0.149. The molecule has 0 amide bonds. The van der Waals surface area contributed by atoms with Gasteiger partial charge >= 0.3 is 6.18 Å². The van der Waals surface area contributed by atoms with Crippen LogP contribution in [0.15, 0.2) is 12.3 Å². The summed E-state index contributed by atoms with van der Waals surface area (Å²) in [4.78, 5) is 3.61. The van der Waals surface area contributed by atoms with Crippen molar-refractivity contribution in [1.29, 1.82) is 0 Å². The van der Waals surface area contributed by atoms with Crippen molar-refractivity contribution in [2.24, 2.45) is 5.73 Å². The average Bonchev–Trinajstić information content (AvgIpc) is 2.06. The molecule has 0 aliphatic carbocycles. The first-order valence-corrected chi connectivity index (χ1v) is 3.86. The van der Waals surface area contributed by atoms with E-state index in [2.05, 4.69) is 4.98 Å². The predicted molar refractivity (Wildman–Crippen MR) is 46.4 cm³/mol. The fourth-order valence-corrected chi connectivity index (χ4v) is 1.03. The molecule has 4 N–H and O–H groups in total. The largest absolute Gasteiger partial charge is 0.407 e. The molecule has 1 atom stereocenters. The van der Waals surface area contributed by atoms with E-state index in [0.717, 1.165) is 0 Å². The second-order valence-electron chi connectivity index (χ2n) is 3.01. The van der Waals surface area contributed by atoms with E-state index in [1.54, 1.807) is 6.92 Å². The Balaban J connectivity index is 3.12. The zero-order chi connectivity index (χ0) is 10.9. The molecule has 0 radical (unpaired) electrons. The number of pyridine rings is 1. The van der Waals surface area contributed by atoms with Crippen LogP contribution in [-0.2, 0) is 0 Å². The van der Waals surface area contributed by atoms with Crippen molar-refractivity contribution in [3.8, 4) is 0 Å². The Hall–Kier alpha value is -1.30. The standard InChI is InChI=1S/C8H10F3N3/c1-4-2-5(7(13)14-3-4)6(12)8(9,10)11/h2-3,6H,12H2,1H3,(H2,13,14)/t6-/m0/s1. The van der Waals surface area contributed by atoms with Crippen molar-refractivity contribution < 1.29 is 13.2 Å². The van der Waals surface area contributed by atoms with Gasteiger partial charge < -0.3 is 11.5 Å². The first-order chi connectivity index (χ1) is 6.32. The zero-order valence-electron chi connectivity index (χ0n) is 7.47. The van der Waals surface area contributed by atoms with E-state index in [1.807, 2.05) is 0 Å². The minimum atomic E-state index is -4.50. The number of halogens is 3. The van der Waals surface area contributed by atoms with Gasteiger partial charge in [0.2, 0.25) is 0 Å². The fraction of sp³-hybridized carbons (Fsp3) is 0.375. The molecule has 0 unspecified atom stereocenters. The Morgan fingerprint density at radius 3 is 2.50 bits per heavy atom. The molecule has 0 saturated heterocycles. The quantitative estimate of drug-likeness (QED) is 0.730. The molecule has 1 heterocycles. The smallest absolute Gasteiger partial charge is 0.383 e. The Labute approximate surface area is 78.9 Å². The maximum atomic E-state index is 12.2. The predicted octanol–water partition coefficient (Wildman–Crippen LogP) is 1.53. The maximum absolute atomic E-state index is 12.2. The van der Waals surface area contributed by atoms with Crippen LogP contribution < -0.4 is 11.5 Å². The second kappa shape index (κ2) is 3.45. The molecular formula is C8H10F3N3. The number of nitrogen functional groups attached to an aromatic ring is 1. The Morgan fingerprint density at radius 1 is 1.43 bits per heavy atom. The van der Waals surface area contributed by atoms with E-state index in [0.29, 0.717) is 5.56 Å². The van der Waals surface area contributed by atoms with Crippen molar-refractivity contribution in [1.82, 2.24) is 4.98 Å². The highest BCUT2D eigenvalue weighted by atomic mass is 19.4. The van der Waals surface area contributed by atoms with Gasteiger partial charge in [-0.25, -0.2) is 4.98 Å². The van der Waals surface area contributed by atoms with Crippen LogP contribution in [0.3, 0.4) is 0 Å². The highest BCUT2D eigenvalue weighted by Crippen LogP contribution is 2.32. The molecule has 1 aromatic rings. The average molecular weight is 205 g/mol. The zero-order valence-corrected chi connectivity index (χ0v) is 7.47. The van der Waals surface area contributed by atoms with Gasteiger partial charge in [-0.15, -0.1) is 0 Å². The van der Waals surface area contributed by atoms with Crippen LogP contribution in [0, 0.1) is 6.92 Å². The molecule has 1 aromatic heterocycles. The van der Waals surface area contributed by atoms with Crippen LogP contribution in [0.4, 0.5) is 19.0 Å². The van der Waals surface area contributed by atoms with Crippen molar-refractivity contribution in [3.05, 3.63) is 23.4 Å². The first kappa shape index (κ1) is 10.8. The van der Waals surface area contributed by atoms with Crippen LogP contribution in [0.1, 0.15) is 17.2 Å². The number of rotatable bonds is 1. The molecule has 1 rings (SSSR count). The number of hydrogen-bond acceptors (Lipinski definition) is 3.